The number of H-pyrrole nitrogens is 1. The van der Waals surface area contributed by atoms with E-state index in [0.29, 0.717) is 36.4 Å². The summed E-state index contributed by atoms with van der Waals surface area (Å²) in [5.41, 5.74) is 3.79. The van der Waals surface area contributed by atoms with E-state index in [1.54, 1.807) is 31.5 Å². The predicted octanol–water partition coefficient (Wildman–Crippen LogP) is 4.92. The largest absolute Gasteiger partial charge is 0.497 e. The summed E-state index contributed by atoms with van der Waals surface area (Å²) in [5, 5.41) is 7.31. The number of aliphatic imine (C=N–C) groups is 1. The van der Waals surface area contributed by atoms with E-state index >= 15 is 0 Å². The fraction of sp³-hybridized carbons (Fsp3) is 0.367. The van der Waals surface area contributed by atoms with Crippen molar-refractivity contribution >= 4 is 34.1 Å². The van der Waals surface area contributed by atoms with Gasteiger partial charge in [0.15, 0.2) is 11.9 Å². The van der Waals surface area contributed by atoms with Crippen LogP contribution in [0.25, 0.3) is 16.6 Å². The molecule has 0 fully saturated rings. The maximum atomic E-state index is 14.4. The number of amides is 1. The lowest BCUT2D eigenvalue weighted by Crippen LogP contribution is -2.47. The van der Waals surface area contributed by atoms with Crippen LogP contribution in [0.5, 0.6) is 5.75 Å². The first kappa shape index (κ1) is 27.1. The van der Waals surface area contributed by atoms with Crippen LogP contribution in [0.4, 0.5) is 4.39 Å². The lowest BCUT2D eigenvalue weighted by molar-refractivity contribution is -0.121. The number of aryl methyl sites for hydroxylation is 1. The molecule has 0 saturated carbocycles. The predicted molar refractivity (Wildman–Crippen MR) is 148 cm³/mol. The van der Waals surface area contributed by atoms with Crippen LogP contribution < -0.4 is 20.4 Å². The number of aromatic amines is 1. The molecule has 199 valence electrons. The maximum Gasteiger partial charge on any atom is 0.319 e. The van der Waals surface area contributed by atoms with Gasteiger partial charge in [-0.15, -0.1) is 0 Å². The van der Waals surface area contributed by atoms with Gasteiger partial charge in [-0.2, -0.15) is 0 Å². The van der Waals surface area contributed by atoms with Gasteiger partial charge in [0.05, 0.1) is 19.1 Å². The van der Waals surface area contributed by atoms with Crippen molar-refractivity contribution < 1.29 is 18.7 Å². The average Bonchev–Trinajstić information content (AvgIpc) is 3.52. The normalized spacial score (nSPS) is 13.6. The molecule has 1 amide bonds. The number of methoxy groups -OCH3 is 1. The quantitative estimate of drug-likeness (QED) is 0.280. The summed E-state index contributed by atoms with van der Waals surface area (Å²) < 4.78 is 19.7. The second-order valence-electron chi connectivity index (χ2n) is 9.59. The zero-order valence-electron chi connectivity index (χ0n) is 22.2. The molecule has 2 heterocycles. The van der Waals surface area contributed by atoms with Crippen LogP contribution in [-0.4, -0.2) is 35.7 Å². The fourth-order valence-corrected chi connectivity index (χ4v) is 4.75. The van der Waals surface area contributed by atoms with E-state index < -0.39 is 0 Å². The van der Waals surface area contributed by atoms with Gasteiger partial charge in [0.2, 0.25) is 5.91 Å². The van der Waals surface area contributed by atoms with Crippen molar-refractivity contribution in [2.24, 2.45) is 0 Å². The molecule has 1 aliphatic rings. The number of rotatable bonds is 13. The molecule has 1 aliphatic heterocycles. The van der Waals surface area contributed by atoms with Gasteiger partial charge in [-0.3, -0.25) is 9.59 Å². The van der Waals surface area contributed by atoms with E-state index in [4.69, 9.17) is 4.74 Å². The molecule has 0 spiro atoms. The molecule has 8 heteroatoms. The number of hydrogen-bond donors (Lipinski definition) is 3. The van der Waals surface area contributed by atoms with Gasteiger partial charge in [-0.05, 0) is 60.7 Å². The average molecular weight is 519 g/mol. The minimum Gasteiger partial charge on any atom is -0.497 e. The minimum absolute atomic E-state index is 0.133. The molecule has 3 N–H and O–H groups in total. The number of nitrogens with zero attached hydrogens (tertiary/aromatic N) is 1. The van der Waals surface area contributed by atoms with Crippen LogP contribution in [0, 0.1) is 12.7 Å². The number of unbranched alkanes of at least 4 members (excludes halogenated alkanes) is 2. The van der Waals surface area contributed by atoms with Crippen LogP contribution >= 0.6 is 0 Å². The number of Topliss-reactive ketones (excluding diaryl/α,β-unsaturated/α-hetero) is 1. The van der Waals surface area contributed by atoms with Crippen LogP contribution in [0.15, 0.2) is 48.7 Å². The van der Waals surface area contributed by atoms with Crippen molar-refractivity contribution in [2.45, 2.75) is 64.8 Å². The zero-order valence-corrected chi connectivity index (χ0v) is 22.2. The monoisotopic (exact) mass is 518 g/mol. The Labute approximate surface area is 222 Å². The number of carbonyl (C=O) groups excluding carboxylic acids is 2. The van der Waals surface area contributed by atoms with E-state index in [-0.39, 0.29) is 30.0 Å². The highest BCUT2D eigenvalue weighted by molar-refractivity contribution is 6.00. The summed E-state index contributed by atoms with van der Waals surface area (Å²) in [4.78, 5) is 32.8. The highest BCUT2D eigenvalue weighted by atomic mass is 19.1. The van der Waals surface area contributed by atoms with Crippen molar-refractivity contribution in [2.75, 3.05) is 7.11 Å². The topological polar surface area (TPSA) is 97.3 Å². The Kier molecular flexibility index (Phi) is 8.94. The molecule has 1 aromatic heterocycles. The van der Waals surface area contributed by atoms with E-state index in [2.05, 4.69) is 20.6 Å². The number of aromatic nitrogens is 1. The zero-order chi connectivity index (χ0) is 27.1. The van der Waals surface area contributed by atoms with E-state index in [1.807, 2.05) is 32.0 Å². The number of ketones is 1. The second-order valence-corrected chi connectivity index (χ2v) is 9.59. The first-order valence-corrected chi connectivity index (χ1v) is 13.2. The first-order valence-electron chi connectivity index (χ1n) is 13.2. The number of amidine groups is 1. The number of fused-ring (bicyclic) bond motifs is 1. The highest BCUT2D eigenvalue weighted by Crippen LogP contribution is 2.27. The molecule has 38 heavy (non-hydrogen) atoms. The number of hydrogen-bond acceptors (Lipinski definition) is 5. The first-order chi connectivity index (χ1) is 18.4. The van der Waals surface area contributed by atoms with Crippen molar-refractivity contribution in [3.63, 3.8) is 0 Å². The molecule has 1 radical (unpaired) electrons. The molecular weight excluding hydrogens is 483 g/mol. The van der Waals surface area contributed by atoms with Crippen LogP contribution in [0.3, 0.4) is 0 Å². The van der Waals surface area contributed by atoms with E-state index in [9.17, 15) is 14.0 Å². The summed E-state index contributed by atoms with van der Waals surface area (Å²) in [6.45, 7) is 3.83. The third-order valence-electron chi connectivity index (χ3n) is 6.93. The highest BCUT2D eigenvalue weighted by Gasteiger charge is 2.32. The lowest BCUT2D eigenvalue weighted by atomic mass is 10.0. The Bertz CT molecular complexity index is 1380. The summed E-state index contributed by atoms with van der Waals surface area (Å²) in [6.07, 6.45) is 6.10. The summed E-state index contributed by atoms with van der Waals surface area (Å²) >= 11 is 0. The molecule has 4 rings (SSSR count). The summed E-state index contributed by atoms with van der Waals surface area (Å²) in [6, 6.07) is 11.9. The molecule has 0 unspecified atom stereocenters. The summed E-state index contributed by atoms with van der Waals surface area (Å²) in [5.74, 6) is 1.11. The SMILES string of the molecule is CCC(=O)CCCCC[C@H](NC(=O)Cc1c(C)[nH]c2ccc(OC)cc12)C1=[N+]C=C(c2ccccc2F)N1. The van der Waals surface area contributed by atoms with Gasteiger partial charge in [0.25, 0.3) is 0 Å². The Morgan fingerprint density at radius 1 is 1.13 bits per heavy atom. The van der Waals surface area contributed by atoms with Crippen LogP contribution in [0.1, 0.15) is 62.3 Å². The summed E-state index contributed by atoms with van der Waals surface area (Å²) in [7, 11) is 1.62. The Morgan fingerprint density at radius 2 is 1.95 bits per heavy atom. The van der Waals surface area contributed by atoms with Crippen molar-refractivity contribution in [1.82, 2.24) is 20.6 Å². The lowest BCUT2D eigenvalue weighted by Gasteiger charge is -2.16. The van der Waals surface area contributed by atoms with Gasteiger partial charge in [-0.25, -0.2) is 9.71 Å². The maximum absolute atomic E-state index is 14.4. The third kappa shape index (κ3) is 6.49. The van der Waals surface area contributed by atoms with Gasteiger partial charge in [0.1, 0.15) is 23.4 Å². The molecule has 0 aliphatic carbocycles. The number of ether oxygens (including phenoxy) is 1. The molecule has 7 nitrogen and oxygen atoms in total. The van der Waals surface area contributed by atoms with Crippen LogP contribution in [0.2, 0.25) is 0 Å². The Balaban J connectivity index is 1.45. The number of nitrogens with one attached hydrogen (secondary N) is 3. The number of benzene rings is 2. The molecule has 0 saturated heterocycles. The minimum atomic E-state index is -0.370. The van der Waals surface area contributed by atoms with Crippen LogP contribution in [-0.2, 0) is 16.0 Å². The second kappa shape index (κ2) is 12.5. The van der Waals surface area contributed by atoms with Gasteiger partial charge in [-0.1, -0.05) is 31.9 Å². The fourth-order valence-electron chi connectivity index (χ4n) is 4.75. The van der Waals surface area contributed by atoms with Gasteiger partial charge >= 0.3 is 5.84 Å². The molecule has 0 bridgehead atoms. The van der Waals surface area contributed by atoms with E-state index in [0.717, 1.165) is 47.2 Å². The van der Waals surface area contributed by atoms with Crippen molar-refractivity contribution in [1.29, 1.82) is 0 Å². The van der Waals surface area contributed by atoms with Crippen molar-refractivity contribution in [3.8, 4) is 5.75 Å². The Morgan fingerprint density at radius 3 is 2.71 bits per heavy atom. The smallest absolute Gasteiger partial charge is 0.319 e. The van der Waals surface area contributed by atoms with Crippen molar-refractivity contribution in [3.05, 3.63) is 71.3 Å². The molecular formula is C30H35FN4O3+. The third-order valence-corrected chi connectivity index (χ3v) is 6.93. The van der Waals surface area contributed by atoms with Gasteiger partial charge in [0, 0.05) is 29.4 Å². The number of carbonyl (C=O) groups is 2. The Hall–Kier alpha value is -3.94. The number of halogens is 1. The van der Waals surface area contributed by atoms with Gasteiger partial charge < -0.3 is 15.0 Å². The molecule has 1 atom stereocenters. The standard InChI is InChI=1S/C30H35FN4O3/c1-4-20(36)10-6-5-7-13-27(30-32-18-28(35-30)22-11-8-9-12-25(22)31)34-29(37)17-23-19(2)33-26-15-14-21(38-3)16-24(23)26/h8-9,11-12,14-16,18,27,33,35H,4-7,10,13,17H2,1-3H3,(H,34,37)/q+1/t27-/m0/s1. The molecule has 2 aromatic carbocycles. The molecule has 3 aromatic rings. The van der Waals surface area contributed by atoms with E-state index in [1.165, 1.54) is 6.07 Å².